The lowest BCUT2D eigenvalue weighted by Gasteiger charge is -2.57. The smallest absolute Gasteiger partial charge is 0.220 e. The molecule has 25 nitrogen and oxygen atoms in total. The molecule has 0 amide bonds. The second-order valence-corrected chi connectivity index (χ2v) is 18.9. The quantitative estimate of drug-likeness (QED) is 0.0390. The highest BCUT2D eigenvalue weighted by atomic mass is 16.8. The van der Waals surface area contributed by atoms with Crippen molar-refractivity contribution in [1.29, 1.82) is 0 Å². The van der Waals surface area contributed by atoms with Crippen molar-refractivity contribution in [3.8, 4) is 0 Å². The summed E-state index contributed by atoms with van der Waals surface area (Å²) in [6.07, 6.45) is -15.4. The lowest BCUT2D eigenvalue weighted by atomic mass is 9.84. The Bertz CT molecular complexity index is 2690. The fourth-order valence-corrected chi connectivity index (χ4v) is 9.95. The highest BCUT2D eigenvalue weighted by Gasteiger charge is 2.63. The molecule has 0 aromatic heterocycles. The van der Waals surface area contributed by atoms with Crippen molar-refractivity contribution in [2.45, 2.75) is 150 Å². The van der Waals surface area contributed by atoms with Gasteiger partial charge < -0.3 is 61.9 Å². The molecule has 8 rings (SSSR count). The molecule has 4 aliphatic rings. The number of hydrogen-bond acceptors (Lipinski definition) is 17. The maximum absolute atomic E-state index is 12.8. The first-order valence-corrected chi connectivity index (χ1v) is 25.0. The Hall–Kier alpha value is -6.40. The van der Waals surface area contributed by atoms with Crippen LogP contribution in [0.15, 0.2) is 142 Å². The highest BCUT2D eigenvalue weighted by molar-refractivity contribution is 5.17. The lowest BCUT2D eigenvalue weighted by molar-refractivity contribution is -0.471. The zero-order valence-corrected chi connectivity index (χ0v) is 42.9. The van der Waals surface area contributed by atoms with Gasteiger partial charge in [-0.2, -0.15) is 0 Å². The Morgan fingerprint density at radius 3 is 1.45 bits per heavy atom. The fraction of sp³-hybridized carbons (Fsp3) is 0.538. The van der Waals surface area contributed by atoms with Gasteiger partial charge >= 0.3 is 0 Å². The van der Waals surface area contributed by atoms with Gasteiger partial charge in [0, 0.05) is 33.9 Å². The number of aliphatic hydroxyl groups excluding tert-OH is 1. The number of fused-ring (bicyclic) bond motifs is 1. The van der Waals surface area contributed by atoms with E-state index in [1.807, 2.05) is 121 Å². The number of methoxy groups -OCH3 is 2. The molecule has 3 aliphatic heterocycles. The van der Waals surface area contributed by atoms with E-state index in [1.165, 1.54) is 14.2 Å². The Labute approximate surface area is 443 Å². The minimum absolute atomic E-state index is 0.0288. The van der Waals surface area contributed by atoms with E-state index in [4.69, 9.17) is 56.8 Å². The Morgan fingerprint density at radius 2 is 0.974 bits per heavy atom. The molecule has 4 aromatic rings. The van der Waals surface area contributed by atoms with Gasteiger partial charge in [-0.3, -0.25) is 0 Å². The van der Waals surface area contributed by atoms with Gasteiger partial charge in [-0.15, -0.1) is 0 Å². The van der Waals surface area contributed by atoms with Crippen molar-refractivity contribution in [2.75, 3.05) is 27.4 Å². The second-order valence-electron chi connectivity index (χ2n) is 18.9. The van der Waals surface area contributed by atoms with Gasteiger partial charge in [-0.1, -0.05) is 142 Å². The van der Waals surface area contributed by atoms with Crippen molar-refractivity contribution < 1.29 is 61.9 Å². The number of benzene rings is 4. The van der Waals surface area contributed by atoms with Crippen LogP contribution in [-0.2, 0) is 83.3 Å². The van der Waals surface area contributed by atoms with Crippen LogP contribution in [0.1, 0.15) is 42.5 Å². The Morgan fingerprint density at radius 1 is 0.532 bits per heavy atom. The predicted molar refractivity (Wildman–Crippen MR) is 272 cm³/mol. The molecule has 4 aromatic carbocycles. The first kappa shape index (κ1) is 56.8. The third-order valence-corrected chi connectivity index (χ3v) is 14.2. The topological polar surface area (TPSA) is 326 Å². The highest BCUT2D eigenvalue weighted by Crippen LogP contribution is 2.46. The molecule has 4 fully saturated rings. The molecule has 0 bridgehead atoms. The molecule has 17 atom stereocenters. The molecule has 77 heavy (non-hydrogen) atoms. The molecular weight excluding hydrogens is 1000 g/mol. The Balaban J connectivity index is 1.17. The summed E-state index contributed by atoms with van der Waals surface area (Å²) in [6, 6.07) is 34.4. The summed E-state index contributed by atoms with van der Waals surface area (Å²) in [4.78, 5) is 12.1. The number of azide groups is 4. The van der Waals surface area contributed by atoms with Crippen molar-refractivity contribution in [3.05, 3.63) is 185 Å². The number of aliphatic hydroxyl groups is 1. The van der Waals surface area contributed by atoms with Crippen molar-refractivity contribution >= 4 is 0 Å². The molecule has 25 heteroatoms. The van der Waals surface area contributed by atoms with E-state index in [0.717, 1.165) is 22.3 Å². The van der Waals surface area contributed by atoms with Gasteiger partial charge in [0.1, 0.15) is 48.8 Å². The van der Waals surface area contributed by atoms with Crippen LogP contribution in [0, 0.1) is 0 Å². The lowest BCUT2D eigenvalue weighted by Crippen LogP contribution is -2.73. The summed E-state index contributed by atoms with van der Waals surface area (Å²) in [7, 11) is 2.76. The van der Waals surface area contributed by atoms with Gasteiger partial charge in [0.15, 0.2) is 12.6 Å². The number of nitrogens with zero attached hydrogens (tertiary/aromatic N) is 12. The van der Waals surface area contributed by atoms with E-state index < -0.39 is 103 Å². The third kappa shape index (κ3) is 13.7. The van der Waals surface area contributed by atoms with Gasteiger partial charge in [-0.25, -0.2) is 0 Å². The maximum Gasteiger partial charge on any atom is 0.220 e. The molecule has 1 saturated carbocycles. The van der Waals surface area contributed by atoms with Crippen LogP contribution in [-0.4, -0.2) is 136 Å². The molecule has 3 saturated heterocycles. The summed E-state index contributed by atoms with van der Waals surface area (Å²) >= 11 is 0. The minimum Gasteiger partial charge on any atom is -0.388 e. The molecule has 0 unspecified atom stereocenters. The summed E-state index contributed by atoms with van der Waals surface area (Å²) < 4.78 is 78.3. The molecule has 1 aliphatic carbocycles. The summed E-state index contributed by atoms with van der Waals surface area (Å²) in [5, 5.41) is 28.6. The SMILES string of the molecule is CO[C@@]1(C)O[C@@H]2[C@@H](N=[N+]=[N-])[C@@H](O[C@H]3[C@H](O)[C@@H](O[C@H]4O[C@H](COCc5ccccc5)[C@H](OCc5ccccc5)[C@H](OCc5ccccc5)[C@H]4OCc4ccccc4)[C@H](N=[N+]=[N-])C[C@@H]3N=[N+]=[N-])O[C@H](CN=[N+]=[N-])[C@H]2O[C@]1(C)OC. The van der Waals surface area contributed by atoms with Crippen LogP contribution < -0.4 is 0 Å². The maximum atomic E-state index is 12.8. The minimum atomic E-state index is -1.81. The number of hydrogen-bond donors (Lipinski definition) is 1. The Kier molecular flexibility index (Phi) is 20.1. The van der Waals surface area contributed by atoms with E-state index in [-0.39, 0.29) is 46.0 Å². The zero-order chi connectivity index (χ0) is 54.2. The van der Waals surface area contributed by atoms with Crippen LogP contribution >= 0.6 is 0 Å². The van der Waals surface area contributed by atoms with Crippen LogP contribution in [0.3, 0.4) is 0 Å². The van der Waals surface area contributed by atoms with Gasteiger partial charge in [0.2, 0.25) is 11.6 Å². The number of rotatable bonds is 24. The average molecular weight is 1060 g/mol. The fourth-order valence-electron chi connectivity index (χ4n) is 9.95. The normalized spacial score (nSPS) is 33.7. The summed E-state index contributed by atoms with van der Waals surface area (Å²) in [6.45, 7) is 3.33. The predicted octanol–water partition coefficient (Wildman–Crippen LogP) is 8.80. The first-order valence-electron chi connectivity index (χ1n) is 25.0. The molecular formula is C52H62N12O13. The van der Waals surface area contributed by atoms with Gasteiger partial charge in [-0.05, 0) is 64.6 Å². The second kappa shape index (κ2) is 27.3. The van der Waals surface area contributed by atoms with Crippen LogP contribution in [0.25, 0.3) is 41.8 Å². The van der Waals surface area contributed by atoms with Crippen LogP contribution in [0.2, 0.25) is 0 Å². The third-order valence-electron chi connectivity index (χ3n) is 14.2. The standard InChI is InChI=1S/C52H62N12O13/c1-51(66-3)52(2,67-4)77-46-40(60-64-56)49(72-38(26-57-61-53)45(46)76-51)74-42-36(58-62-54)25-37(59-63-55)43(41(42)65)75-50-48(71-30-35-23-15-8-16-24-35)47(70-29-34-21-13-7-14-22-34)44(69-28-33-19-11-6-12-20-33)39(73-50)31-68-27-32-17-9-5-10-18-32/h5-24,36-50,65H,25-31H2,1-4H3/t36-,37+,38+,39+,40+,41-,42+,43-,44-,45+,46+,47-,48+,49+,50+,51-,52-/m0/s1. The number of ether oxygens (including phenoxy) is 12. The molecule has 1 N–H and O–H groups in total. The molecule has 0 spiro atoms. The summed E-state index contributed by atoms with van der Waals surface area (Å²) in [5.41, 5.74) is 42.8. The van der Waals surface area contributed by atoms with E-state index in [2.05, 4.69) is 40.1 Å². The molecule has 0 radical (unpaired) electrons. The van der Waals surface area contributed by atoms with E-state index in [0.29, 0.717) is 0 Å². The monoisotopic (exact) mass is 1060 g/mol. The van der Waals surface area contributed by atoms with E-state index >= 15 is 0 Å². The van der Waals surface area contributed by atoms with E-state index in [1.54, 1.807) is 13.8 Å². The molecule has 3 heterocycles. The van der Waals surface area contributed by atoms with Gasteiger partial charge in [0.25, 0.3) is 0 Å². The van der Waals surface area contributed by atoms with Crippen molar-refractivity contribution in [2.24, 2.45) is 20.5 Å². The van der Waals surface area contributed by atoms with Gasteiger partial charge in [0.05, 0.1) is 70.0 Å². The average Bonchev–Trinajstić information content (AvgIpc) is 3.47. The largest absolute Gasteiger partial charge is 0.388 e. The summed E-state index contributed by atoms with van der Waals surface area (Å²) in [5.74, 6) is -3.17. The van der Waals surface area contributed by atoms with Crippen molar-refractivity contribution in [3.63, 3.8) is 0 Å². The van der Waals surface area contributed by atoms with Crippen LogP contribution in [0.5, 0.6) is 0 Å². The molecule has 408 valence electrons. The van der Waals surface area contributed by atoms with Crippen LogP contribution in [0.4, 0.5) is 0 Å². The zero-order valence-electron chi connectivity index (χ0n) is 42.9. The van der Waals surface area contributed by atoms with Crippen molar-refractivity contribution in [1.82, 2.24) is 0 Å². The first-order chi connectivity index (χ1) is 37.5. The van der Waals surface area contributed by atoms with E-state index in [9.17, 15) is 27.2 Å².